The molecule has 2 N–H and O–H groups in total. The highest BCUT2D eigenvalue weighted by molar-refractivity contribution is 5.70. The van der Waals surface area contributed by atoms with E-state index in [9.17, 15) is 0 Å². The Balaban J connectivity index is 2.30. The molecule has 0 radical (unpaired) electrons. The van der Waals surface area contributed by atoms with Gasteiger partial charge in [0.25, 0.3) is 0 Å². The largest absolute Gasteiger partial charge is 0.399 e. The SMILES string of the molecule is Cc1cc(C#N)ncc1-c1cc(N)cc2ncnn12. The third-order valence-electron chi connectivity index (χ3n) is 2.90. The van der Waals surface area contributed by atoms with Gasteiger partial charge in [0, 0.05) is 23.5 Å². The summed E-state index contributed by atoms with van der Waals surface area (Å²) >= 11 is 0. The summed E-state index contributed by atoms with van der Waals surface area (Å²) in [7, 11) is 0. The van der Waals surface area contributed by atoms with Crippen LogP contribution in [0.2, 0.25) is 0 Å². The second-order valence-electron chi connectivity index (χ2n) is 4.20. The van der Waals surface area contributed by atoms with Crippen molar-refractivity contribution in [3.8, 4) is 17.3 Å². The number of rotatable bonds is 1. The van der Waals surface area contributed by atoms with E-state index < -0.39 is 0 Å². The van der Waals surface area contributed by atoms with Gasteiger partial charge < -0.3 is 5.73 Å². The van der Waals surface area contributed by atoms with Crippen molar-refractivity contribution in [3.05, 3.63) is 42.0 Å². The number of hydrogen-bond donors (Lipinski definition) is 1. The smallest absolute Gasteiger partial charge is 0.158 e. The second-order valence-corrected chi connectivity index (χ2v) is 4.20. The molecule has 3 heterocycles. The number of hydrogen-bond acceptors (Lipinski definition) is 5. The molecule has 0 atom stereocenters. The van der Waals surface area contributed by atoms with Gasteiger partial charge in [-0.25, -0.2) is 14.5 Å². The summed E-state index contributed by atoms with van der Waals surface area (Å²) in [6.45, 7) is 1.92. The van der Waals surface area contributed by atoms with E-state index in [4.69, 9.17) is 11.0 Å². The molecule has 0 saturated carbocycles. The predicted octanol–water partition coefficient (Wildman–Crippen LogP) is 1.55. The molecule has 0 fully saturated rings. The summed E-state index contributed by atoms with van der Waals surface area (Å²) in [5.74, 6) is 0. The lowest BCUT2D eigenvalue weighted by Gasteiger charge is -2.08. The normalized spacial score (nSPS) is 10.5. The molecule has 3 aromatic heterocycles. The maximum absolute atomic E-state index is 8.85. The van der Waals surface area contributed by atoms with Gasteiger partial charge >= 0.3 is 0 Å². The van der Waals surface area contributed by atoms with Crippen LogP contribution in [0.15, 0.2) is 30.7 Å². The van der Waals surface area contributed by atoms with Gasteiger partial charge in [-0.2, -0.15) is 10.4 Å². The Kier molecular flexibility index (Phi) is 2.39. The first-order chi connectivity index (χ1) is 9.19. The minimum Gasteiger partial charge on any atom is -0.399 e. The summed E-state index contributed by atoms with van der Waals surface area (Å²) in [6.07, 6.45) is 3.13. The molecule has 92 valence electrons. The molecular formula is C13H10N6. The van der Waals surface area contributed by atoms with Crippen LogP contribution in [0.1, 0.15) is 11.3 Å². The molecule has 0 aromatic carbocycles. The zero-order valence-electron chi connectivity index (χ0n) is 10.2. The Bertz CT molecular complexity index is 812. The maximum Gasteiger partial charge on any atom is 0.158 e. The van der Waals surface area contributed by atoms with Crippen LogP contribution < -0.4 is 5.73 Å². The zero-order valence-corrected chi connectivity index (χ0v) is 10.2. The topological polar surface area (TPSA) is 92.9 Å². The third-order valence-corrected chi connectivity index (χ3v) is 2.90. The van der Waals surface area contributed by atoms with Gasteiger partial charge in [-0.15, -0.1) is 0 Å². The molecular weight excluding hydrogens is 240 g/mol. The van der Waals surface area contributed by atoms with Crippen LogP contribution in [0, 0.1) is 18.3 Å². The molecule has 6 heteroatoms. The Morgan fingerprint density at radius 3 is 2.84 bits per heavy atom. The van der Waals surface area contributed by atoms with Crippen molar-refractivity contribution in [3.63, 3.8) is 0 Å². The van der Waals surface area contributed by atoms with Crippen molar-refractivity contribution in [1.82, 2.24) is 19.6 Å². The van der Waals surface area contributed by atoms with Gasteiger partial charge in [-0.3, -0.25) is 0 Å². The first-order valence-corrected chi connectivity index (χ1v) is 5.65. The van der Waals surface area contributed by atoms with Gasteiger partial charge in [0.1, 0.15) is 18.1 Å². The summed E-state index contributed by atoms with van der Waals surface area (Å²) < 4.78 is 1.70. The number of nitriles is 1. The molecule has 3 rings (SSSR count). The van der Waals surface area contributed by atoms with Crippen LogP contribution in [-0.4, -0.2) is 19.6 Å². The Morgan fingerprint density at radius 1 is 1.26 bits per heavy atom. The molecule has 3 aromatic rings. The van der Waals surface area contributed by atoms with Gasteiger partial charge in [-0.05, 0) is 24.6 Å². The number of nitrogens with zero attached hydrogens (tertiary/aromatic N) is 5. The van der Waals surface area contributed by atoms with Crippen LogP contribution in [0.3, 0.4) is 0 Å². The maximum atomic E-state index is 8.85. The molecule has 0 aliphatic rings. The molecule has 0 amide bonds. The molecule has 6 nitrogen and oxygen atoms in total. The van der Waals surface area contributed by atoms with E-state index in [2.05, 4.69) is 15.1 Å². The summed E-state index contributed by atoms with van der Waals surface area (Å²) in [6, 6.07) is 7.33. The Hall–Kier alpha value is -2.94. The number of fused-ring (bicyclic) bond motifs is 1. The van der Waals surface area contributed by atoms with Gasteiger partial charge in [-0.1, -0.05) is 0 Å². The standard InChI is InChI=1S/C13H10N6/c1-8-2-10(5-14)16-6-11(8)12-3-9(15)4-13-17-7-18-19(12)13/h2-4,6-7H,15H2,1H3. The van der Waals surface area contributed by atoms with E-state index in [1.807, 2.05) is 19.1 Å². The van der Waals surface area contributed by atoms with Crippen LogP contribution in [-0.2, 0) is 0 Å². The Labute approximate surface area is 109 Å². The van der Waals surface area contributed by atoms with Crippen molar-refractivity contribution in [2.24, 2.45) is 0 Å². The zero-order chi connectivity index (χ0) is 13.4. The molecule has 0 unspecified atom stereocenters. The van der Waals surface area contributed by atoms with Gasteiger partial charge in [0.15, 0.2) is 5.65 Å². The quantitative estimate of drug-likeness (QED) is 0.707. The van der Waals surface area contributed by atoms with E-state index in [0.717, 1.165) is 16.8 Å². The predicted molar refractivity (Wildman–Crippen MR) is 70.1 cm³/mol. The molecule has 0 spiro atoms. The third kappa shape index (κ3) is 1.77. The second kappa shape index (κ2) is 4.07. The fourth-order valence-electron chi connectivity index (χ4n) is 2.02. The van der Waals surface area contributed by atoms with Crippen molar-refractivity contribution in [1.29, 1.82) is 5.26 Å². The lowest BCUT2D eigenvalue weighted by atomic mass is 10.1. The number of anilines is 1. The highest BCUT2D eigenvalue weighted by Gasteiger charge is 2.10. The fourth-order valence-corrected chi connectivity index (χ4v) is 2.02. The number of aromatic nitrogens is 4. The van der Waals surface area contributed by atoms with E-state index in [1.165, 1.54) is 6.33 Å². The number of nitrogens with two attached hydrogens (primary N) is 1. The van der Waals surface area contributed by atoms with E-state index in [0.29, 0.717) is 17.0 Å². The van der Waals surface area contributed by atoms with Crippen LogP contribution in [0.25, 0.3) is 16.9 Å². The molecule has 0 bridgehead atoms. The molecule has 0 saturated heterocycles. The van der Waals surface area contributed by atoms with Crippen molar-refractivity contribution < 1.29 is 0 Å². The lowest BCUT2D eigenvalue weighted by Crippen LogP contribution is -1.99. The minimum absolute atomic E-state index is 0.389. The average molecular weight is 250 g/mol. The van der Waals surface area contributed by atoms with E-state index >= 15 is 0 Å². The fraction of sp³-hybridized carbons (Fsp3) is 0.0769. The number of aryl methyl sites for hydroxylation is 1. The van der Waals surface area contributed by atoms with Gasteiger partial charge in [0.05, 0.1) is 5.69 Å². The van der Waals surface area contributed by atoms with Crippen molar-refractivity contribution in [2.75, 3.05) is 5.73 Å². The minimum atomic E-state index is 0.389. The van der Waals surface area contributed by atoms with Crippen LogP contribution >= 0.6 is 0 Å². The highest BCUT2D eigenvalue weighted by atomic mass is 15.3. The van der Waals surface area contributed by atoms with E-state index in [-0.39, 0.29) is 0 Å². The van der Waals surface area contributed by atoms with Crippen LogP contribution in [0.5, 0.6) is 0 Å². The molecule has 19 heavy (non-hydrogen) atoms. The first kappa shape index (κ1) is 11.2. The first-order valence-electron chi connectivity index (χ1n) is 5.65. The highest BCUT2D eigenvalue weighted by Crippen LogP contribution is 2.25. The summed E-state index contributed by atoms with van der Waals surface area (Å²) in [4.78, 5) is 8.22. The van der Waals surface area contributed by atoms with Crippen LogP contribution in [0.4, 0.5) is 5.69 Å². The summed E-state index contributed by atoms with van der Waals surface area (Å²) in [5.41, 5.74) is 10.2. The average Bonchev–Trinajstić information content (AvgIpc) is 2.85. The molecule has 0 aliphatic carbocycles. The molecule has 0 aliphatic heterocycles. The van der Waals surface area contributed by atoms with Gasteiger partial charge in [0.2, 0.25) is 0 Å². The number of pyridine rings is 2. The lowest BCUT2D eigenvalue weighted by molar-refractivity contribution is 0.966. The van der Waals surface area contributed by atoms with E-state index in [1.54, 1.807) is 22.8 Å². The van der Waals surface area contributed by atoms with Crippen molar-refractivity contribution >= 4 is 11.3 Å². The monoisotopic (exact) mass is 250 g/mol. The summed E-state index contributed by atoms with van der Waals surface area (Å²) in [5, 5.41) is 13.0. The van der Waals surface area contributed by atoms with Crippen molar-refractivity contribution in [2.45, 2.75) is 6.92 Å². The Morgan fingerprint density at radius 2 is 2.11 bits per heavy atom. The number of nitrogen functional groups attached to an aromatic ring is 1.